The van der Waals surface area contributed by atoms with Crippen LogP contribution in [0.5, 0.6) is 0 Å². The highest BCUT2D eigenvalue weighted by Gasteiger charge is 2.51. The SMILES string of the molecule is CC(C)C[C@@H](NC(=O)C1(c2ccc(N)cc2)CC1)C(=O)O. The van der Waals surface area contributed by atoms with Crippen molar-refractivity contribution < 1.29 is 14.7 Å². The molecule has 4 N–H and O–H groups in total. The van der Waals surface area contributed by atoms with Gasteiger partial charge in [-0.3, -0.25) is 4.79 Å². The number of carboxylic acid groups (broad SMARTS) is 1. The number of anilines is 1. The second-order valence-electron chi connectivity index (χ2n) is 6.20. The molecule has 0 heterocycles. The van der Waals surface area contributed by atoms with Crippen LogP contribution in [0.3, 0.4) is 0 Å². The molecule has 5 heteroatoms. The molecule has 1 atom stereocenters. The molecule has 0 aromatic heterocycles. The van der Waals surface area contributed by atoms with E-state index < -0.39 is 17.4 Å². The van der Waals surface area contributed by atoms with Gasteiger partial charge in [0.1, 0.15) is 6.04 Å². The van der Waals surface area contributed by atoms with E-state index in [1.165, 1.54) is 0 Å². The lowest BCUT2D eigenvalue weighted by Crippen LogP contribution is -2.46. The van der Waals surface area contributed by atoms with E-state index in [0.29, 0.717) is 12.1 Å². The zero-order valence-electron chi connectivity index (χ0n) is 12.4. The van der Waals surface area contributed by atoms with Crippen LogP contribution >= 0.6 is 0 Å². The molecule has 0 aliphatic heterocycles. The molecule has 0 saturated heterocycles. The molecule has 1 aromatic carbocycles. The van der Waals surface area contributed by atoms with Crippen molar-refractivity contribution >= 4 is 17.6 Å². The number of rotatable bonds is 6. The summed E-state index contributed by atoms with van der Waals surface area (Å²) in [6, 6.07) is 6.40. The van der Waals surface area contributed by atoms with Gasteiger partial charge in [0, 0.05) is 5.69 Å². The van der Waals surface area contributed by atoms with Gasteiger partial charge in [-0.15, -0.1) is 0 Å². The molecular formula is C16H22N2O3. The smallest absolute Gasteiger partial charge is 0.326 e. The minimum atomic E-state index is -0.981. The topological polar surface area (TPSA) is 92.4 Å². The highest BCUT2D eigenvalue weighted by atomic mass is 16.4. The Balaban J connectivity index is 2.11. The Morgan fingerprint density at radius 1 is 1.29 bits per heavy atom. The van der Waals surface area contributed by atoms with Gasteiger partial charge in [0.05, 0.1) is 5.41 Å². The van der Waals surface area contributed by atoms with Crippen molar-refractivity contribution in [2.45, 2.75) is 44.6 Å². The van der Waals surface area contributed by atoms with E-state index >= 15 is 0 Å². The van der Waals surface area contributed by atoms with Crippen LogP contribution < -0.4 is 11.1 Å². The van der Waals surface area contributed by atoms with Crippen LogP contribution in [0.15, 0.2) is 24.3 Å². The highest BCUT2D eigenvalue weighted by Crippen LogP contribution is 2.48. The first kappa shape index (κ1) is 15.4. The summed E-state index contributed by atoms with van der Waals surface area (Å²) in [6.45, 7) is 3.88. The van der Waals surface area contributed by atoms with Gasteiger partial charge in [0.25, 0.3) is 0 Å². The molecule has 1 aliphatic rings. The molecule has 114 valence electrons. The summed E-state index contributed by atoms with van der Waals surface area (Å²) in [5, 5.41) is 11.9. The van der Waals surface area contributed by atoms with Crippen molar-refractivity contribution in [3.63, 3.8) is 0 Å². The Morgan fingerprint density at radius 3 is 2.29 bits per heavy atom. The summed E-state index contributed by atoms with van der Waals surface area (Å²) in [4.78, 5) is 23.8. The molecule has 0 unspecified atom stereocenters. The van der Waals surface area contributed by atoms with E-state index in [4.69, 9.17) is 5.73 Å². The lowest BCUT2D eigenvalue weighted by molar-refractivity contribution is -0.142. The van der Waals surface area contributed by atoms with Gasteiger partial charge in [0.2, 0.25) is 5.91 Å². The molecule has 2 rings (SSSR count). The Labute approximate surface area is 124 Å². The van der Waals surface area contributed by atoms with Crippen molar-refractivity contribution in [3.05, 3.63) is 29.8 Å². The van der Waals surface area contributed by atoms with Crippen LogP contribution in [0.25, 0.3) is 0 Å². The number of carboxylic acids is 1. The summed E-state index contributed by atoms with van der Waals surface area (Å²) >= 11 is 0. The third-order valence-electron chi connectivity index (χ3n) is 3.96. The monoisotopic (exact) mass is 290 g/mol. The van der Waals surface area contributed by atoms with Gasteiger partial charge in [-0.05, 0) is 42.9 Å². The average molecular weight is 290 g/mol. The first-order valence-electron chi connectivity index (χ1n) is 7.25. The summed E-state index contributed by atoms with van der Waals surface area (Å²) in [6.07, 6.45) is 1.92. The highest BCUT2D eigenvalue weighted by molar-refractivity contribution is 5.94. The number of aliphatic carboxylic acids is 1. The fraction of sp³-hybridized carbons (Fsp3) is 0.500. The average Bonchev–Trinajstić information content (AvgIpc) is 3.19. The molecule has 0 bridgehead atoms. The Morgan fingerprint density at radius 2 is 1.86 bits per heavy atom. The summed E-state index contributed by atoms with van der Waals surface area (Å²) in [7, 11) is 0. The predicted molar refractivity (Wildman–Crippen MR) is 80.8 cm³/mol. The number of hydrogen-bond acceptors (Lipinski definition) is 3. The van der Waals surface area contributed by atoms with E-state index in [2.05, 4.69) is 5.32 Å². The van der Waals surface area contributed by atoms with E-state index in [1.807, 2.05) is 26.0 Å². The van der Waals surface area contributed by atoms with Gasteiger partial charge in [0.15, 0.2) is 0 Å². The summed E-state index contributed by atoms with van der Waals surface area (Å²) in [5.41, 5.74) is 6.65. The maximum atomic E-state index is 12.5. The van der Waals surface area contributed by atoms with Crippen LogP contribution in [0.1, 0.15) is 38.7 Å². The second-order valence-corrected chi connectivity index (χ2v) is 6.20. The summed E-state index contributed by atoms with van der Waals surface area (Å²) < 4.78 is 0. The molecule has 1 aliphatic carbocycles. The van der Waals surface area contributed by atoms with E-state index in [1.54, 1.807) is 12.1 Å². The molecule has 1 aromatic rings. The van der Waals surface area contributed by atoms with Gasteiger partial charge in [-0.25, -0.2) is 4.79 Å². The molecule has 21 heavy (non-hydrogen) atoms. The fourth-order valence-electron chi connectivity index (χ4n) is 2.56. The molecule has 1 saturated carbocycles. The Hall–Kier alpha value is -2.04. The van der Waals surface area contributed by atoms with Crippen molar-refractivity contribution in [2.75, 3.05) is 5.73 Å². The number of benzene rings is 1. The number of carbonyl (C=O) groups excluding carboxylic acids is 1. The molecule has 0 radical (unpaired) electrons. The number of carbonyl (C=O) groups is 2. The van der Waals surface area contributed by atoms with Crippen LogP contribution in [-0.2, 0) is 15.0 Å². The van der Waals surface area contributed by atoms with Gasteiger partial charge >= 0.3 is 5.97 Å². The summed E-state index contributed by atoms with van der Waals surface area (Å²) in [5.74, 6) is -0.969. The van der Waals surface area contributed by atoms with Gasteiger partial charge in [-0.1, -0.05) is 26.0 Å². The number of nitrogens with one attached hydrogen (secondary N) is 1. The fourth-order valence-corrected chi connectivity index (χ4v) is 2.56. The number of nitrogen functional groups attached to an aromatic ring is 1. The van der Waals surface area contributed by atoms with Crippen molar-refractivity contribution in [1.29, 1.82) is 0 Å². The van der Waals surface area contributed by atoms with Crippen LogP contribution in [0.2, 0.25) is 0 Å². The lowest BCUT2D eigenvalue weighted by atomic mass is 9.93. The third-order valence-corrected chi connectivity index (χ3v) is 3.96. The third kappa shape index (κ3) is 3.35. The van der Waals surface area contributed by atoms with Crippen LogP contribution in [-0.4, -0.2) is 23.0 Å². The zero-order valence-corrected chi connectivity index (χ0v) is 12.4. The number of nitrogens with two attached hydrogens (primary N) is 1. The van der Waals surface area contributed by atoms with E-state index in [9.17, 15) is 14.7 Å². The molecule has 5 nitrogen and oxygen atoms in total. The second kappa shape index (κ2) is 5.76. The first-order chi connectivity index (χ1) is 9.85. The minimum absolute atomic E-state index is 0.194. The van der Waals surface area contributed by atoms with Gasteiger partial charge < -0.3 is 16.2 Å². The van der Waals surface area contributed by atoms with Crippen LogP contribution in [0.4, 0.5) is 5.69 Å². The van der Waals surface area contributed by atoms with Crippen molar-refractivity contribution in [1.82, 2.24) is 5.32 Å². The van der Waals surface area contributed by atoms with Gasteiger partial charge in [-0.2, -0.15) is 0 Å². The van der Waals surface area contributed by atoms with Crippen LogP contribution in [0, 0.1) is 5.92 Å². The number of amides is 1. The van der Waals surface area contributed by atoms with Crippen molar-refractivity contribution in [3.8, 4) is 0 Å². The van der Waals surface area contributed by atoms with E-state index in [-0.39, 0.29) is 11.8 Å². The molecule has 1 amide bonds. The Kier molecular flexibility index (Phi) is 4.21. The zero-order chi connectivity index (χ0) is 15.6. The quantitative estimate of drug-likeness (QED) is 0.698. The van der Waals surface area contributed by atoms with Crippen molar-refractivity contribution in [2.24, 2.45) is 5.92 Å². The molecular weight excluding hydrogens is 268 g/mol. The normalized spacial score (nSPS) is 17.3. The standard InChI is InChI=1S/C16H22N2O3/c1-10(2)9-13(14(19)20)18-15(21)16(7-8-16)11-3-5-12(17)6-4-11/h3-6,10,13H,7-9,17H2,1-2H3,(H,18,21)(H,19,20)/t13-/m1/s1. The first-order valence-corrected chi connectivity index (χ1v) is 7.25. The largest absolute Gasteiger partial charge is 0.480 e. The molecule has 0 spiro atoms. The minimum Gasteiger partial charge on any atom is -0.480 e. The maximum Gasteiger partial charge on any atom is 0.326 e. The maximum absolute atomic E-state index is 12.5. The molecule has 1 fully saturated rings. The lowest BCUT2D eigenvalue weighted by Gasteiger charge is -2.21. The predicted octanol–water partition coefficient (Wildman–Crippen LogP) is 1.92. The van der Waals surface area contributed by atoms with E-state index in [0.717, 1.165) is 18.4 Å². The Bertz CT molecular complexity index is 533. The number of hydrogen-bond donors (Lipinski definition) is 3.